The van der Waals surface area contributed by atoms with Crippen molar-refractivity contribution in [3.8, 4) is 16.8 Å². The first-order valence-electron chi connectivity index (χ1n) is 20.5. The van der Waals surface area contributed by atoms with E-state index < -0.39 is 0 Å². The fourth-order valence-electron chi connectivity index (χ4n) is 11.1. The third-order valence-corrected chi connectivity index (χ3v) is 13.4. The van der Waals surface area contributed by atoms with Gasteiger partial charge in [-0.3, -0.25) is 0 Å². The van der Waals surface area contributed by atoms with Crippen molar-refractivity contribution in [1.29, 1.82) is 0 Å². The molecule has 0 bridgehead atoms. The van der Waals surface area contributed by atoms with Crippen molar-refractivity contribution in [1.82, 2.24) is 4.57 Å². The maximum Gasteiger partial charge on any atom is 0.248 e. The second-order valence-corrected chi connectivity index (χ2v) is 16.3. The van der Waals surface area contributed by atoms with Crippen molar-refractivity contribution < 1.29 is 13.3 Å². The Kier molecular flexibility index (Phi) is 5.67. The van der Waals surface area contributed by atoms with Gasteiger partial charge in [-0.2, -0.15) is 0 Å². The highest BCUT2D eigenvalue weighted by Gasteiger charge is 2.45. The van der Waals surface area contributed by atoms with E-state index >= 15 is 0 Å². The Bertz CT molecular complexity index is 4000. The number of nitrogens with zero attached hydrogens (tertiary/aromatic N) is 2. The van der Waals surface area contributed by atoms with Crippen molar-refractivity contribution in [3.05, 3.63) is 176 Å². The lowest BCUT2D eigenvalue weighted by Gasteiger charge is -2.37. The van der Waals surface area contributed by atoms with Gasteiger partial charge >= 0.3 is 0 Å². The van der Waals surface area contributed by atoms with E-state index in [9.17, 15) is 0 Å². The molecule has 0 spiro atoms. The number of aromatic nitrogens is 1. The monoisotopic (exact) mass is 764 g/mol. The van der Waals surface area contributed by atoms with E-state index in [2.05, 4.69) is 179 Å². The molecule has 6 heteroatoms. The van der Waals surface area contributed by atoms with E-state index in [1.54, 1.807) is 0 Å². The zero-order chi connectivity index (χ0) is 38.8. The lowest BCUT2D eigenvalue weighted by molar-refractivity contribution is 0.668. The molecule has 0 amide bonds. The summed E-state index contributed by atoms with van der Waals surface area (Å²) in [6.07, 6.45) is 0. The fourth-order valence-corrected chi connectivity index (χ4v) is 11.1. The summed E-state index contributed by atoms with van der Waals surface area (Å²) in [6.45, 7) is -0.0418. The van der Waals surface area contributed by atoms with E-state index in [0.29, 0.717) is 0 Å². The Balaban J connectivity index is 1.17. The molecule has 0 atom stereocenters. The molecule has 5 nitrogen and oxygen atoms in total. The van der Waals surface area contributed by atoms with E-state index in [1.165, 1.54) is 49.3 Å². The highest BCUT2D eigenvalue weighted by Crippen LogP contribution is 2.51. The van der Waals surface area contributed by atoms with E-state index in [4.69, 9.17) is 13.3 Å². The van der Waals surface area contributed by atoms with Crippen LogP contribution in [-0.2, 0) is 0 Å². The van der Waals surface area contributed by atoms with Crippen LogP contribution in [0.3, 0.4) is 0 Å². The maximum absolute atomic E-state index is 6.70. The summed E-state index contributed by atoms with van der Waals surface area (Å²) in [5.74, 6) is 0. The molecule has 0 N–H and O–H groups in total. The Morgan fingerprint density at radius 1 is 0.383 bits per heavy atom. The maximum atomic E-state index is 6.70. The summed E-state index contributed by atoms with van der Waals surface area (Å²) in [5.41, 5.74) is 18.3. The van der Waals surface area contributed by atoms with Crippen molar-refractivity contribution in [2.24, 2.45) is 0 Å². The van der Waals surface area contributed by atoms with Gasteiger partial charge in [0.1, 0.15) is 33.5 Å². The van der Waals surface area contributed by atoms with Crippen molar-refractivity contribution in [3.63, 3.8) is 0 Å². The van der Waals surface area contributed by atoms with Gasteiger partial charge in [0, 0.05) is 43.7 Å². The molecule has 0 fully saturated rings. The van der Waals surface area contributed by atoms with Crippen LogP contribution in [0.25, 0.3) is 104 Å². The van der Waals surface area contributed by atoms with Crippen LogP contribution in [0.1, 0.15) is 0 Å². The van der Waals surface area contributed by atoms with Crippen LogP contribution in [0.4, 0.5) is 17.1 Å². The standard InChI is InChI=1S/C54H29BN2O3/c1-6-17-39-31(12-1)32-13-2-7-18-40(32)56(39)30-28-36-49-37(24-26-47-51(49)34-15-4-9-21-44(34)59-47)55-38-25-27-48-52(35-16-5-10-22-45(35)60-48)54(38)57(42(29-30)53(36)55)41-19-11-23-46-50(41)33-14-3-8-20-43(33)58-46/h1-29H. The first-order valence-corrected chi connectivity index (χ1v) is 20.5. The summed E-state index contributed by atoms with van der Waals surface area (Å²) in [6, 6.07) is 63.3. The predicted octanol–water partition coefficient (Wildman–Crippen LogP) is 12.8. The van der Waals surface area contributed by atoms with Crippen LogP contribution in [0.15, 0.2) is 189 Å². The summed E-state index contributed by atoms with van der Waals surface area (Å²) < 4.78 is 22.4. The minimum Gasteiger partial charge on any atom is -0.456 e. The van der Waals surface area contributed by atoms with Crippen molar-refractivity contribution in [2.45, 2.75) is 0 Å². The number of hydrogen-bond donors (Lipinski definition) is 0. The van der Waals surface area contributed by atoms with Crippen molar-refractivity contribution >= 4 is 128 Å². The lowest BCUT2D eigenvalue weighted by Crippen LogP contribution is -2.54. The molecular formula is C54H29BN2O3. The van der Waals surface area contributed by atoms with Gasteiger partial charge in [-0.25, -0.2) is 0 Å². The highest BCUT2D eigenvalue weighted by molar-refractivity contribution is 7.02. The van der Waals surface area contributed by atoms with Gasteiger partial charge < -0.3 is 22.7 Å². The van der Waals surface area contributed by atoms with Crippen LogP contribution in [0.5, 0.6) is 0 Å². The Morgan fingerprint density at radius 2 is 0.900 bits per heavy atom. The van der Waals surface area contributed by atoms with Crippen LogP contribution in [0, 0.1) is 0 Å². The van der Waals surface area contributed by atoms with Gasteiger partial charge in [-0.05, 0) is 88.8 Å². The Morgan fingerprint density at radius 3 is 1.57 bits per heavy atom. The molecule has 4 aromatic heterocycles. The number of hydrogen-bond acceptors (Lipinski definition) is 4. The van der Waals surface area contributed by atoms with E-state index in [0.717, 1.165) is 88.6 Å². The van der Waals surface area contributed by atoms with Gasteiger partial charge in [0.2, 0.25) is 6.71 Å². The summed E-state index contributed by atoms with van der Waals surface area (Å²) in [5, 5.41) is 9.10. The van der Waals surface area contributed by atoms with Gasteiger partial charge in [-0.15, -0.1) is 0 Å². The van der Waals surface area contributed by atoms with Crippen LogP contribution in [0.2, 0.25) is 0 Å². The average molecular weight is 765 g/mol. The van der Waals surface area contributed by atoms with Gasteiger partial charge in [-0.1, -0.05) is 115 Å². The largest absolute Gasteiger partial charge is 0.456 e. The minimum absolute atomic E-state index is 0.0418. The molecule has 276 valence electrons. The summed E-state index contributed by atoms with van der Waals surface area (Å²) in [7, 11) is 0. The smallest absolute Gasteiger partial charge is 0.248 e. The van der Waals surface area contributed by atoms with Crippen molar-refractivity contribution in [2.75, 3.05) is 4.90 Å². The molecule has 15 rings (SSSR count). The van der Waals surface area contributed by atoms with Crippen LogP contribution in [-0.4, -0.2) is 11.3 Å². The van der Waals surface area contributed by atoms with Gasteiger partial charge in [0.05, 0.1) is 33.2 Å². The molecule has 13 aromatic rings. The molecule has 2 aliphatic heterocycles. The van der Waals surface area contributed by atoms with E-state index in [1.807, 2.05) is 6.07 Å². The third-order valence-electron chi connectivity index (χ3n) is 13.4. The first kappa shape index (κ1) is 31.1. The van der Waals surface area contributed by atoms with Crippen LogP contribution >= 0.6 is 0 Å². The molecule has 0 saturated carbocycles. The van der Waals surface area contributed by atoms with E-state index in [-0.39, 0.29) is 6.71 Å². The first-order chi connectivity index (χ1) is 29.8. The second kappa shape index (κ2) is 11.0. The number of para-hydroxylation sites is 5. The molecule has 2 aliphatic rings. The van der Waals surface area contributed by atoms with Gasteiger partial charge in [0.15, 0.2) is 0 Å². The topological polar surface area (TPSA) is 47.6 Å². The predicted molar refractivity (Wildman–Crippen MR) is 247 cm³/mol. The second-order valence-electron chi connectivity index (χ2n) is 16.3. The Labute approximate surface area is 341 Å². The molecule has 0 saturated heterocycles. The number of rotatable bonds is 2. The minimum atomic E-state index is -0.0418. The zero-order valence-corrected chi connectivity index (χ0v) is 31.9. The molecule has 6 heterocycles. The van der Waals surface area contributed by atoms with Gasteiger partial charge in [0.25, 0.3) is 0 Å². The van der Waals surface area contributed by atoms with Crippen LogP contribution < -0.4 is 21.3 Å². The molecule has 9 aromatic carbocycles. The molecule has 60 heavy (non-hydrogen) atoms. The molecule has 0 aliphatic carbocycles. The number of fused-ring (bicyclic) bond motifs is 19. The molecule has 0 radical (unpaired) electrons. The number of anilines is 3. The summed E-state index contributed by atoms with van der Waals surface area (Å²) >= 11 is 0. The Hall–Kier alpha value is -7.96. The normalized spacial score (nSPS) is 13.3. The molecule has 0 unspecified atom stereocenters. The lowest BCUT2D eigenvalue weighted by atomic mass is 9.37. The summed E-state index contributed by atoms with van der Waals surface area (Å²) in [4.78, 5) is 2.53. The number of furan rings is 3. The number of benzene rings is 9. The molecular weight excluding hydrogens is 735 g/mol. The fraction of sp³-hybridized carbons (Fsp3) is 0. The SMILES string of the molecule is c1ccc2c(c1)oc1cccc(N3c4cc(-n5c6ccccc6c6ccccc65)cc5c4B(c4ccc6oc7ccccc7c6c4-5)c4ccc5oc6ccccc6c5c43)c12. The third kappa shape index (κ3) is 3.76. The quantitative estimate of drug-likeness (QED) is 0.165. The highest BCUT2D eigenvalue weighted by atomic mass is 16.3. The zero-order valence-electron chi connectivity index (χ0n) is 31.9. The average Bonchev–Trinajstić information content (AvgIpc) is 4.11.